The minimum absolute atomic E-state index is 0.124. The fraction of sp³-hybridized carbons (Fsp3) is 0.419. The first-order valence-corrected chi connectivity index (χ1v) is 13.2. The van der Waals surface area contributed by atoms with Gasteiger partial charge in [-0.2, -0.15) is 0 Å². The van der Waals surface area contributed by atoms with Crippen LogP contribution in [0.3, 0.4) is 0 Å². The van der Waals surface area contributed by atoms with Gasteiger partial charge >= 0.3 is 11.9 Å². The molecule has 36 heavy (non-hydrogen) atoms. The Morgan fingerprint density at radius 3 is 2.08 bits per heavy atom. The Morgan fingerprint density at radius 2 is 1.44 bits per heavy atom. The average molecular weight is 491 g/mol. The van der Waals surface area contributed by atoms with Crippen LogP contribution >= 0.6 is 0 Å². The number of carboxylic acids is 2. The Labute approximate surface area is 214 Å². The molecule has 192 valence electrons. The van der Waals surface area contributed by atoms with Gasteiger partial charge in [0.2, 0.25) is 6.10 Å². The van der Waals surface area contributed by atoms with Crippen molar-refractivity contribution >= 4 is 22.7 Å². The Bertz CT molecular complexity index is 1140. The molecule has 0 radical (unpaired) electrons. The third-order valence-electron chi connectivity index (χ3n) is 6.87. The lowest BCUT2D eigenvalue weighted by Gasteiger charge is -2.24. The molecule has 0 saturated carbocycles. The van der Waals surface area contributed by atoms with Crippen LogP contribution in [0.25, 0.3) is 10.8 Å². The molecule has 0 aliphatic carbocycles. The monoisotopic (exact) mass is 490 g/mol. The highest BCUT2D eigenvalue weighted by atomic mass is 16.5. The summed E-state index contributed by atoms with van der Waals surface area (Å²) in [4.78, 5) is 23.7. The maximum atomic E-state index is 12.5. The van der Waals surface area contributed by atoms with Crippen molar-refractivity contribution in [2.75, 3.05) is 0 Å². The van der Waals surface area contributed by atoms with Crippen LogP contribution in [0.5, 0.6) is 5.75 Å². The number of ether oxygens (including phenoxy) is 1. The Kier molecular flexibility index (Phi) is 10.3. The van der Waals surface area contributed by atoms with E-state index in [2.05, 4.69) is 19.9 Å². The van der Waals surface area contributed by atoms with Gasteiger partial charge in [-0.15, -0.1) is 0 Å². The third kappa shape index (κ3) is 7.33. The van der Waals surface area contributed by atoms with Gasteiger partial charge in [0.25, 0.3) is 0 Å². The molecule has 5 nitrogen and oxygen atoms in total. The number of aromatic carboxylic acids is 1. The van der Waals surface area contributed by atoms with E-state index in [1.54, 1.807) is 0 Å². The van der Waals surface area contributed by atoms with Gasteiger partial charge in [0, 0.05) is 5.56 Å². The first kappa shape index (κ1) is 27.3. The number of fused-ring (bicyclic) bond motifs is 1. The van der Waals surface area contributed by atoms with Crippen LogP contribution in [-0.4, -0.2) is 22.2 Å². The first-order chi connectivity index (χ1) is 17.4. The quantitative estimate of drug-likeness (QED) is 0.209. The molecular formula is C31H38O5. The number of benzene rings is 3. The zero-order chi connectivity index (χ0) is 25.9. The molecule has 3 aromatic rings. The van der Waals surface area contributed by atoms with Gasteiger partial charge in [0.15, 0.2) is 0 Å². The summed E-state index contributed by atoms with van der Waals surface area (Å²) in [5, 5.41) is 21.2. The summed E-state index contributed by atoms with van der Waals surface area (Å²) in [5.41, 5.74) is 1.79. The van der Waals surface area contributed by atoms with Crippen molar-refractivity contribution in [3.8, 4) is 5.75 Å². The molecule has 0 aliphatic rings. The molecule has 0 aromatic heterocycles. The van der Waals surface area contributed by atoms with Crippen molar-refractivity contribution < 1.29 is 24.5 Å². The normalized spacial score (nSPS) is 12.8. The van der Waals surface area contributed by atoms with Gasteiger partial charge in [-0.25, -0.2) is 9.59 Å². The van der Waals surface area contributed by atoms with Crippen molar-refractivity contribution in [1.29, 1.82) is 0 Å². The van der Waals surface area contributed by atoms with E-state index in [1.807, 2.05) is 30.3 Å². The van der Waals surface area contributed by atoms with E-state index in [0.29, 0.717) is 11.3 Å². The highest BCUT2D eigenvalue weighted by molar-refractivity contribution is 5.91. The largest absolute Gasteiger partial charge is 0.478 e. The summed E-state index contributed by atoms with van der Waals surface area (Å²) in [6.07, 6.45) is 9.82. The van der Waals surface area contributed by atoms with E-state index < -0.39 is 18.0 Å². The predicted molar refractivity (Wildman–Crippen MR) is 144 cm³/mol. The molecule has 3 aromatic carbocycles. The number of carboxylic acid groups (broad SMARTS) is 2. The second kappa shape index (κ2) is 13.7. The molecular weight excluding hydrogens is 452 g/mol. The van der Waals surface area contributed by atoms with Gasteiger partial charge in [-0.05, 0) is 52.9 Å². The average Bonchev–Trinajstić information content (AvgIpc) is 2.88. The molecule has 0 saturated heterocycles. The van der Waals surface area contributed by atoms with Crippen LogP contribution < -0.4 is 4.74 Å². The van der Waals surface area contributed by atoms with Gasteiger partial charge in [-0.3, -0.25) is 0 Å². The number of rotatable bonds is 15. The second-order valence-electron chi connectivity index (χ2n) is 9.62. The highest BCUT2D eigenvalue weighted by Crippen LogP contribution is 2.37. The zero-order valence-electron chi connectivity index (χ0n) is 21.4. The van der Waals surface area contributed by atoms with Crippen LogP contribution in [0.4, 0.5) is 0 Å². The molecule has 2 atom stereocenters. The van der Waals surface area contributed by atoms with Crippen LogP contribution in [0.1, 0.15) is 105 Å². The summed E-state index contributed by atoms with van der Waals surface area (Å²) in [5.74, 6) is -1.61. The van der Waals surface area contributed by atoms with Crippen LogP contribution in [0, 0.1) is 0 Å². The lowest BCUT2D eigenvalue weighted by molar-refractivity contribution is -0.145. The summed E-state index contributed by atoms with van der Waals surface area (Å²) in [6, 6.07) is 17.7. The standard InChI is InChI=1S/C31H38O5/c1-3-4-5-6-7-8-9-10-13-22(2)26-21-18-23-14-11-12-15-27(23)28(26)29(31(34)35)36-25-19-16-24(17-20-25)30(32)33/h11-12,14-22,29H,3-10,13H2,1-2H3,(H,32,33)(H,34,35). The maximum Gasteiger partial charge on any atom is 0.349 e. The fourth-order valence-corrected chi connectivity index (χ4v) is 4.82. The third-order valence-corrected chi connectivity index (χ3v) is 6.87. The van der Waals surface area contributed by atoms with Crippen LogP contribution in [0.2, 0.25) is 0 Å². The summed E-state index contributed by atoms with van der Waals surface area (Å²) >= 11 is 0. The lowest BCUT2D eigenvalue weighted by atomic mass is 9.86. The summed E-state index contributed by atoms with van der Waals surface area (Å²) in [6.45, 7) is 4.40. The fourth-order valence-electron chi connectivity index (χ4n) is 4.82. The summed E-state index contributed by atoms with van der Waals surface area (Å²) in [7, 11) is 0. The van der Waals surface area contributed by atoms with Gasteiger partial charge in [-0.1, -0.05) is 102 Å². The van der Waals surface area contributed by atoms with E-state index in [1.165, 1.54) is 69.2 Å². The SMILES string of the molecule is CCCCCCCCCCC(C)c1ccc2ccccc2c1C(Oc1ccc(C(=O)O)cc1)C(=O)O. The van der Waals surface area contributed by atoms with Gasteiger partial charge < -0.3 is 14.9 Å². The van der Waals surface area contributed by atoms with Gasteiger partial charge in [0.1, 0.15) is 5.75 Å². The van der Waals surface area contributed by atoms with Crippen LogP contribution in [-0.2, 0) is 4.79 Å². The van der Waals surface area contributed by atoms with E-state index in [4.69, 9.17) is 9.84 Å². The Balaban J connectivity index is 1.81. The molecule has 0 amide bonds. The topological polar surface area (TPSA) is 83.8 Å². The molecule has 0 heterocycles. The maximum absolute atomic E-state index is 12.5. The Morgan fingerprint density at radius 1 is 0.806 bits per heavy atom. The molecule has 0 fully saturated rings. The molecule has 0 aliphatic heterocycles. The number of aliphatic carboxylic acids is 1. The minimum atomic E-state index is -1.21. The van der Waals surface area contributed by atoms with Crippen molar-refractivity contribution in [2.24, 2.45) is 0 Å². The minimum Gasteiger partial charge on any atom is -0.478 e. The molecule has 0 bridgehead atoms. The number of hydrogen-bond donors (Lipinski definition) is 2. The number of unbranched alkanes of at least 4 members (excludes halogenated alkanes) is 7. The molecule has 2 N–H and O–H groups in total. The lowest BCUT2D eigenvalue weighted by Crippen LogP contribution is -2.21. The predicted octanol–water partition coefficient (Wildman–Crippen LogP) is 8.38. The highest BCUT2D eigenvalue weighted by Gasteiger charge is 2.28. The van der Waals surface area contributed by atoms with Crippen molar-refractivity contribution in [3.05, 3.63) is 77.4 Å². The first-order valence-electron chi connectivity index (χ1n) is 13.2. The number of carbonyl (C=O) groups is 2. The molecule has 5 heteroatoms. The molecule has 0 spiro atoms. The second-order valence-corrected chi connectivity index (χ2v) is 9.62. The van der Waals surface area contributed by atoms with E-state index in [-0.39, 0.29) is 11.5 Å². The Hall–Kier alpha value is -3.34. The smallest absolute Gasteiger partial charge is 0.349 e. The zero-order valence-corrected chi connectivity index (χ0v) is 21.4. The van der Waals surface area contributed by atoms with Crippen molar-refractivity contribution in [3.63, 3.8) is 0 Å². The molecule has 2 unspecified atom stereocenters. The molecule has 3 rings (SSSR count). The van der Waals surface area contributed by atoms with Crippen molar-refractivity contribution in [2.45, 2.75) is 83.7 Å². The summed E-state index contributed by atoms with van der Waals surface area (Å²) < 4.78 is 5.99. The van der Waals surface area contributed by atoms with Gasteiger partial charge in [0.05, 0.1) is 5.56 Å². The van der Waals surface area contributed by atoms with Crippen LogP contribution in [0.15, 0.2) is 60.7 Å². The number of hydrogen-bond acceptors (Lipinski definition) is 3. The van der Waals surface area contributed by atoms with E-state index >= 15 is 0 Å². The van der Waals surface area contributed by atoms with Crippen molar-refractivity contribution in [1.82, 2.24) is 0 Å². The van der Waals surface area contributed by atoms with E-state index in [9.17, 15) is 14.7 Å². The van der Waals surface area contributed by atoms with E-state index in [0.717, 1.165) is 29.2 Å².